The van der Waals surface area contributed by atoms with Crippen LogP contribution in [0.15, 0.2) is 18.5 Å². The van der Waals surface area contributed by atoms with Gasteiger partial charge in [-0.3, -0.25) is 9.69 Å². The van der Waals surface area contributed by atoms with Crippen LogP contribution in [0.1, 0.15) is 44.0 Å². The Morgan fingerprint density at radius 2 is 1.71 bits per heavy atom. The summed E-state index contributed by atoms with van der Waals surface area (Å²) in [5.74, 6) is 1.09. The molecule has 3 fully saturated rings. The first-order chi connectivity index (χ1) is 13.2. The third-order valence-electron chi connectivity index (χ3n) is 7.12. The maximum absolute atomic E-state index is 13.1. The zero-order chi connectivity index (χ0) is 20.1. The van der Waals surface area contributed by atoms with Gasteiger partial charge in [-0.05, 0) is 58.6 Å². The van der Waals surface area contributed by atoms with Crippen molar-refractivity contribution in [3.05, 3.63) is 24.0 Å². The highest BCUT2D eigenvalue weighted by atomic mass is 16.3. The zero-order valence-corrected chi connectivity index (χ0v) is 17.8. The summed E-state index contributed by atoms with van der Waals surface area (Å²) >= 11 is 0. The first-order valence-corrected chi connectivity index (χ1v) is 10.8. The van der Waals surface area contributed by atoms with Gasteiger partial charge in [0.1, 0.15) is 0 Å². The lowest BCUT2D eigenvalue weighted by Gasteiger charge is -2.44. The van der Waals surface area contributed by atoms with Crippen molar-refractivity contribution in [1.29, 1.82) is 0 Å². The number of rotatable bonds is 2. The van der Waals surface area contributed by atoms with Crippen molar-refractivity contribution in [2.24, 2.45) is 11.8 Å². The number of carbonyl (C=O) groups excluding carboxylic acids is 1. The molecule has 0 unspecified atom stereocenters. The third-order valence-corrected chi connectivity index (χ3v) is 7.12. The summed E-state index contributed by atoms with van der Waals surface area (Å²) in [5.41, 5.74) is 0.766. The van der Waals surface area contributed by atoms with E-state index in [-0.39, 0.29) is 23.6 Å². The molecule has 3 heterocycles. The number of aliphatic hydroxyl groups is 1. The number of hydrogen-bond donors (Lipinski definition) is 1. The lowest BCUT2D eigenvalue weighted by atomic mass is 9.77. The van der Waals surface area contributed by atoms with Gasteiger partial charge in [0.2, 0.25) is 0 Å². The van der Waals surface area contributed by atoms with E-state index in [0.717, 1.165) is 57.7 Å². The highest BCUT2D eigenvalue weighted by molar-refractivity contribution is 5.94. The topological polar surface area (TPSA) is 52.0 Å². The van der Waals surface area contributed by atoms with Crippen molar-refractivity contribution in [3.63, 3.8) is 0 Å². The molecule has 28 heavy (non-hydrogen) atoms. The van der Waals surface area contributed by atoms with Gasteiger partial charge in [-0.2, -0.15) is 0 Å². The predicted molar refractivity (Wildman–Crippen MR) is 110 cm³/mol. The molecule has 1 aliphatic carbocycles. The highest BCUT2D eigenvalue weighted by Crippen LogP contribution is 2.39. The lowest BCUT2D eigenvalue weighted by molar-refractivity contribution is -0.0249. The van der Waals surface area contributed by atoms with Crippen molar-refractivity contribution in [3.8, 4) is 0 Å². The quantitative estimate of drug-likeness (QED) is 0.838. The van der Waals surface area contributed by atoms with Crippen molar-refractivity contribution in [2.45, 2.75) is 51.3 Å². The van der Waals surface area contributed by atoms with Crippen LogP contribution in [-0.2, 0) is 5.54 Å². The summed E-state index contributed by atoms with van der Waals surface area (Å²) in [7, 11) is 2.16. The van der Waals surface area contributed by atoms with Crippen LogP contribution < -0.4 is 0 Å². The number of amides is 1. The fourth-order valence-electron chi connectivity index (χ4n) is 5.24. The summed E-state index contributed by atoms with van der Waals surface area (Å²) in [6.45, 7) is 12.3. The molecule has 0 aromatic carbocycles. The summed E-state index contributed by atoms with van der Waals surface area (Å²) < 4.78 is 2.11. The first-order valence-electron chi connectivity index (χ1n) is 10.8. The molecule has 0 bridgehead atoms. The maximum atomic E-state index is 13.1. The Hall–Kier alpha value is -1.37. The van der Waals surface area contributed by atoms with Gasteiger partial charge in [0.15, 0.2) is 0 Å². The number of hydrogen-bond acceptors (Lipinski definition) is 4. The summed E-state index contributed by atoms with van der Waals surface area (Å²) in [6, 6.07) is 2.20. The molecule has 6 nitrogen and oxygen atoms in total. The largest absolute Gasteiger partial charge is 0.391 e. The van der Waals surface area contributed by atoms with E-state index in [9.17, 15) is 9.90 Å². The van der Waals surface area contributed by atoms with Gasteiger partial charge >= 0.3 is 0 Å². The molecule has 0 radical (unpaired) electrons. The van der Waals surface area contributed by atoms with E-state index < -0.39 is 0 Å². The number of carbonyl (C=O) groups is 1. The standard InChI is InChI=1S/C22H36N4O2/c1-22(2,3)26-6-5-16(15-26)21(28)25-13-17-11-19(20(27)12-18(17)14-25)24-9-7-23(4)8-10-24/h5-6,15,17-20,27H,7-14H2,1-4H3/t17-,18+,19-,20-/m1/s1. The van der Waals surface area contributed by atoms with Crippen LogP contribution in [-0.4, -0.2) is 88.7 Å². The highest BCUT2D eigenvalue weighted by Gasteiger charge is 2.45. The van der Waals surface area contributed by atoms with E-state index >= 15 is 0 Å². The van der Waals surface area contributed by atoms with Gasteiger partial charge in [0.25, 0.3) is 5.91 Å². The summed E-state index contributed by atoms with van der Waals surface area (Å²) in [4.78, 5) is 19.9. The van der Waals surface area contributed by atoms with Crippen LogP contribution in [0.25, 0.3) is 0 Å². The second-order valence-electron chi connectivity index (χ2n) is 10.2. The Kier molecular flexibility index (Phi) is 5.31. The van der Waals surface area contributed by atoms with Gasteiger partial charge in [0.05, 0.1) is 11.7 Å². The summed E-state index contributed by atoms with van der Waals surface area (Å²) in [5, 5.41) is 10.8. The number of likely N-dealkylation sites (N-methyl/N-ethyl adjacent to an activating group) is 1. The molecule has 1 aromatic heterocycles. The zero-order valence-electron chi connectivity index (χ0n) is 17.8. The Morgan fingerprint density at radius 3 is 2.32 bits per heavy atom. The van der Waals surface area contributed by atoms with E-state index in [1.54, 1.807) is 0 Å². The van der Waals surface area contributed by atoms with Crippen molar-refractivity contribution < 1.29 is 9.90 Å². The smallest absolute Gasteiger partial charge is 0.255 e. The Morgan fingerprint density at radius 1 is 1.07 bits per heavy atom. The molecule has 0 spiro atoms. The number of aromatic nitrogens is 1. The van der Waals surface area contributed by atoms with Gasteiger partial charge in [0, 0.05) is 63.2 Å². The number of likely N-dealkylation sites (tertiary alicyclic amines) is 1. The SMILES string of the molecule is CN1CCN([C@@H]2C[C@@H]3CN(C(=O)c4ccn(C(C)(C)C)c4)C[C@@H]3C[C@H]2O)CC1. The van der Waals surface area contributed by atoms with E-state index in [1.165, 1.54) is 0 Å². The van der Waals surface area contributed by atoms with Gasteiger partial charge in [-0.1, -0.05) is 0 Å². The van der Waals surface area contributed by atoms with Crippen molar-refractivity contribution in [2.75, 3.05) is 46.3 Å². The van der Waals surface area contributed by atoms with Crippen LogP contribution >= 0.6 is 0 Å². The van der Waals surface area contributed by atoms with Crippen LogP contribution in [0.5, 0.6) is 0 Å². The Labute approximate surface area is 169 Å². The summed E-state index contributed by atoms with van der Waals surface area (Å²) in [6.07, 6.45) is 5.56. The molecule has 1 saturated carbocycles. The minimum Gasteiger partial charge on any atom is -0.391 e. The van der Waals surface area contributed by atoms with Crippen LogP contribution in [0, 0.1) is 11.8 Å². The molecule has 2 saturated heterocycles. The molecular formula is C22H36N4O2. The van der Waals surface area contributed by atoms with Crippen molar-refractivity contribution in [1.82, 2.24) is 19.3 Å². The molecule has 3 aliphatic rings. The van der Waals surface area contributed by atoms with E-state index in [4.69, 9.17) is 0 Å². The first kappa shape index (κ1) is 19.9. The number of nitrogens with zero attached hydrogens (tertiary/aromatic N) is 4. The van der Waals surface area contributed by atoms with Gasteiger partial charge in [-0.15, -0.1) is 0 Å². The number of piperazine rings is 1. The van der Waals surface area contributed by atoms with Crippen molar-refractivity contribution >= 4 is 5.91 Å². The normalized spacial score (nSPS) is 32.5. The molecule has 1 N–H and O–H groups in total. The molecular weight excluding hydrogens is 352 g/mol. The van der Waals surface area contributed by atoms with Crippen LogP contribution in [0.2, 0.25) is 0 Å². The molecule has 1 amide bonds. The maximum Gasteiger partial charge on any atom is 0.255 e. The minimum absolute atomic E-state index is 0.0165. The molecule has 4 rings (SSSR count). The number of fused-ring (bicyclic) bond motifs is 1. The minimum atomic E-state index is -0.262. The van der Waals surface area contributed by atoms with Crippen LogP contribution in [0.3, 0.4) is 0 Å². The molecule has 1 aromatic rings. The molecule has 4 atom stereocenters. The average Bonchev–Trinajstić information content (AvgIpc) is 3.28. The van der Waals surface area contributed by atoms with E-state index in [0.29, 0.717) is 11.8 Å². The second-order valence-corrected chi connectivity index (χ2v) is 10.2. The Bertz CT molecular complexity index is 702. The van der Waals surface area contributed by atoms with Crippen LogP contribution in [0.4, 0.5) is 0 Å². The van der Waals surface area contributed by atoms with E-state index in [1.807, 2.05) is 23.4 Å². The molecule has 2 aliphatic heterocycles. The fourth-order valence-corrected chi connectivity index (χ4v) is 5.24. The monoisotopic (exact) mass is 388 g/mol. The predicted octanol–water partition coefficient (Wildman–Crippen LogP) is 1.70. The fraction of sp³-hybridized carbons (Fsp3) is 0.773. The van der Waals surface area contributed by atoms with Gasteiger partial charge < -0.3 is 19.5 Å². The van der Waals surface area contributed by atoms with E-state index in [2.05, 4.69) is 42.2 Å². The number of aliphatic hydroxyl groups excluding tert-OH is 1. The average molecular weight is 389 g/mol. The van der Waals surface area contributed by atoms with Gasteiger partial charge in [-0.25, -0.2) is 0 Å². The molecule has 156 valence electrons. The molecule has 6 heteroatoms. The lowest BCUT2D eigenvalue weighted by Crippen LogP contribution is -2.55. The second kappa shape index (κ2) is 7.47. The third kappa shape index (κ3) is 3.87. The Balaban J connectivity index is 1.40.